The second-order valence-electron chi connectivity index (χ2n) is 6.82. The van der Waals surface area contributed by atoms with E-state index in [2.05, 4.69) is 0 Å². The van der Waals surface area contributed by atoms with Crippen LogP contribution in [0.5, 0.6) is 11.5 Å². The first kappa shape index (κ1) is 20.6. The molecule has 3 aromatic carbocycles. The molecule has 0 spiro atoms. The number of fused-ring (bicyclic) bond motifs is 1. The summed E-state index contributed by atoms with van der Waals surface area (Å²) in [5.74, 6) is 0.150. The summed E-state index contributed by atoms with van der Waals surface area (Å²) >= 11 is 1.45. The molecule has 0 aliphatic rings. The van der Waals surface area contributed by atoms with Crippen molar-refractivity contribution >= 4 is 33.4 Å². The number of carbonyl (C=O) groups excluding carboxylic acids is 2. The Kier molecular flexibility index (Phi) is 6.00. The van der Waals surface area contributed by atoms with E-state index in [0.29, 0.717) is 22.4 Å². The normalized spacial score (nSPS) is 10.6. The molecule has 6 heteroatoms. The second-order valence-corrected chi connectivity index (χ2v) is 7.87. The monoisotopic (exact) mass is 432 g/mol. The maximum Gasteiger partial charge on any atom is 0.347 e. The van der Waals surface area contributed by atoms with Crippen LogP contribution in [0.1, 0.15) is 15.9 Å². The zero-order valence-electron chi connectivity index (χ0n) is 17.1. The molecule has 1 heterocycles. The molecule has 0 amide bonds. The Morgan fingerprint density at radius 3 is 2.19 bits per heavy atom. The van der Waals surface area contributed by atoms with Crippen molar-refractivity contribution in [2.45, 2.75) is 6.42 Å². The molecule has 0 aliphatic heterocycles. The van der Waals surface area contributed by atoms with Gasteiger partial charge in [-0.05, 0) is 53.6 Å². The lowest BCUT2D eigenvalue weighted by molar-refractivity contribution is -0.137. The van der Waals surface area contributed by atoms with Crippen LogP contribution in [0.3, 0.4) is 0 Å². The van der Waals surface area contributed by atoms with Crippen LogP contribution in [-0.4, -0.2) is 26.2 Å². The predicted molar refractivity (Wildman–Crippen MR) is 121 cm³/mol. The van der Waals surface area contributed by atoms with Crippen molar-refractivity contribution in [3.63, 3.8) is 0 Å². The van der Waals surface area contributed by atoms with E-state index in [9.17, 15) is 9.59 Å². The molecule has 5 nitrogen and oxygen atoms in total. The number of methoxy groups -OCH3 is 2. The maximum atomic E-state index is 13.1. The maximum absolute atomic E-state index is 13.1. The van der Waals surface area contributed by atoms with Crippen molar-refractivity contribution in [3.05, 3.63) is 83.9 Å². The van der Waals surface area contributed by atoms with Crippen LogP contribution in [0.2, 0.25) is 0 Å². The molecule has 4 rings (SSSR count). The predicted octanol–water partition coefficient (Wildman–Crippen LogP) is 5.51. The van der Waals surface area contributed by atoms with Crippen LogP contribution in [0.4, 0.5) is 0 Å². The molecule has 156 valence electrons. The highest BCUT2D eigenvalue weighted by Gasteiger charge is 2.24. The summed E-state index contributed by atoms with van der Waals surface area (Å²) in [4.78, 5) is 26.2. The molecule has 0 unspecified atom stereocenters. The van der Waals surface area contributed by atoms with Gasteiger partial charge in [-0.25, -0.2) is 4.79 Å². The lowest BCUT2D eigenvalue weighted by Gasteiger charge is -2.07. The summed E-state index contributed by atoms with van der Waals surface area (Å²) < 4.78 is 16.7. The third-order valence-corrected chi connectivity index (χ3v) is 6.05. The Labute approximate surface area is 183 Å². The third kappa shape index (κ3) is 4.44. The van der Waals surface area contributed by atoms with Gasteiger partial charge in [0.15, 0.2) is 0 Å². The topological polar surface area (TPSA) is 61.8 Å². The van der Waals surface area contributed by atoms with Gasteiger partial charge in [0, 0.05) is 10.1 Å². The Balaban J connectivity index is 1.71. The second kappa shape index (κ2) is 9.02. The van der Waals surface area contributed by atoms with Gasteiger partial charge >= 0.3 is 11.9 Å². The number of esters is 2. The number of benzene rings is 3. The molecule has 0 aliphatic carbocycles. The van der Waals surface area contributed by atoms with Crippen LogP contribution in [-0.2, 0) is 16.0 Å². The molecular formula is C25H20O5S. The van der Waals surface area contributed by atoms with Crippen LogP contribution in [0.25, 0.3) is 20.5 Å². The SMILES string of the molecule is COc1ccc(-c2sc3cc(OC)ccc3c2C(=O)OC(=O)Cc2ccccc2)cc1. The van der Waals surface area contributed by atoms with Gasteiger partial charge in [-0.1, -0.05) is 30.3 Å². The highest BCUT2D eigenvalue weighted by Crippen LogP contribution is 2.41. The van der Waals surface area contributed by atoms with Gasteiger partial charge < -0.3 is 14.2 Å². The van der Waals surface area contributed by atoms with E-state index in [1.807, 2.05) is 66.7 Å². The molecular weight excluding hydrogens is 412 g/mol. The highest BCUT2D eigenvalue weighted by molar-refractivity contribution is 7.22. The minimum atomic E-state index is -0.664. The zero-order chi connectivity index (χ0) is 21.8. The number of thiophene rings is 1. The lowest BCUT2D eigenvalue weighted by atomic mass is 10.1. The van der Waals surface area contributed by atoms with Crippen molar-refractivity contribution < 1.29 is 23.8 Å². The fraction of sp³-hybridized carbons (Fsp3) is 0.120. The van der Waals surface area contributed by atoms with Gasteiger partial charge in [0.2, 0.25) is 0 Å². The molecule has 1 aromatic heterocycles. The summed E-state index contributed by atoms with van der Waals surface area (Å²) in [7, 11) is 3.19. The minimum Gasteiger partial charge on any atom is -0.497 e. The zero-order valence-corrected chi connectivity index (χ0v) is 17.9. The van der Waals surface area contributed by atoms with E-state index in [-0.39, 0.29) is 6.42 Å². The summed E-state index contributed by atoms with van der Waals surface area (Å²) in [5.41, 5.74) is 1.99. The lowest BCUT2D eigenvalue weighted by Crippen LogP contribution is -2.15. The van der Waals surface area contributed by atoms with Gasteiger partial charge in [-0.3, -0.25) is 4.79 Å². The molecule has 0 saturated carbocycles. The molecule has 0 atom stereocenters. The van der Waals surface area contributed by atoms with E-state index in [1.165, 1.54) is 11.3 Å². The van der Waals surface area contributed by atoms with E-state index < -0.39 is 11.9 Å². The van der Waals surface area contributed by atoms with Crippen molar-refractivity contribution in [2.75, 3.05) is 14.2 Å². The third-order valence-electron chi connectivity index (χ3n) is 4.85. The molecule has 31 heavy (non-hydrogen) atoms. The molecule has 0 N–H and O–H groups in total. The largest absolute Gasteiger partial charge is 0.497 e. The van der Waals surface area contributed by atoms with Crippen molar-refractivity contribution in [3.8, 4) is 21.9 Å². The summed E-state index contributed by atoms with van der Waals surface area (Å²) in [6, 6.07) is 22.1. The van der Waals surface area contributed by atoms with E-state index in [0.717, 1.165) is 20.7 Å². The van der Waals surface area contributed by atoms with E-state index >= 15 is 0 Å². The number of ether oxygens (including phenoxy) is 3. The van der Waals surface area contributed by atoms with Crippen molar-refractivity contribution in [1.82, 2.24) is 0 Å². The number of carbonyl (C=O) groups is 2. The summed E-state index contributed by atoms with van der Waals surface area (Å²) in [5, 5.41) is 0.717. The first-order valence-corrected chi connectivity index (χ1v) is 10.4. The molecule has 0 radical (unpaired) electrons. The van der Waals surface area contributed by atoms with Gasteiger partial charge in [0.05, 0.1) is 31.1 Å². The number of hydrogen-bond acceptors (Lipinski definition) is 6. The first-order valence-electron chi connectivity index (χ1n) is 9.63. The number of hydrogen-bond donors (Lipinski definition) is 0. The Hall–Kier alpha value is -3.64. The fourth-order valence-corrected chi connectivity index (χ4v) is 4.53. The summed E-state index contributed by atoms with van der Waals surface area (Å²) in [6.07, 6.45) is 0.0281. The smallest absolute Gasteiger partial charge is 0.347 e. The van der Waals surface area contributed by atoms with Crippen LogP contribution in [0.15, 0.2) is 72.8 Å². The summed E-state index contributed by atoms with van der Waals surface area (Å²) in [6.45, 7) is 0. The van der Waals surface area contributed by atoms with Crippen molar-refractivity contribution in [1.29, 1.82) is 0 Å². The molecule has 0 fully saturated rings. The average Bonchev–Trinajstić information content (AvgIpc) is 3.18. The van der Waals surface area contributed by atoms with Crippen LogP contribution >= 0.6 is 11.3 Å². The molecule has 0 bridgehead atoms. The highest BCUT2D eigenvalue weighted by atomic mass is 32.1. The van der Waals surface area contributed by atoms with Gasteiger partial charge in [-0.2, -0.15) is 0 Å². The molecule has 0 saturated heterocycles. The Morgan fingerprint density at radius 2 is 1.52 bits per heavy atom. The van der Waals surface area contributed by atoms with Gasteiger partial charge in [-0.15, -0.1) is 11.3 Å². The Bertz CT molecular complexity index is 1230. The fourth-order valence-electron chi connectivity index (χ4n) is 3.31. The standard InChI is InChI=1S/C25H20O5S/c1-28-18-10-8-17(9-11-18)24-23(20-13-12-19(29-2)15-21(20)31-24)25(27)30-22(26)14-16-6-4-3-5-7-16/h3-13,15H,14H2,1-2H3. The molecule has 4 aromatic rings. The van der Waals surface area contributed by atoms with Crippen molar-refractivity contribution in [2.24, 2.45) is 0 Å². The van der Waals surface area contributed by atoms with Gasteiger partial charge in [0.1, 0.15) is 11.5 Å². The first-order chi connectivity index (χ1) is 15.1. The Morgan fingerprint density at radius 1 is 0.839 bits per heavy atom. The van der Waals surface area contributed by atoms with Crippen LogP contribution in [0, 0.1) is 0 Å². The van der Waals surface area contributed by atoms with Crippen LogP contribution < -0.4 is 9.47 Å². The van der Waals surface area contributed by atoms with Gasteiger partial charge in [0.25, 0.3) is 0 Å². The minimum absolute atomic E-state index is 0.0281. The van der Waals surface area contributed by atoms with E-state index in [4.69, 9.17) is 14.2 Å². The average molecular weight is 432 g/mol. The number of rotatable bonds is 6. The van der Waals surface area contributed by atoms with E-state index in [1.54, 1.807) is 20.3 Å². The quantitative estimate of drug-likeness (QED) is 0.297.